The lowest BCUT2D eigenvalue weighted by molar-refractivity contribution is -0.116. The van der Waals surface area contributed by atoms with Gasteiger partial charge in [-0.25, -0.2) is 13.2 Å². The number of sulfonamides is 1. The Labute approximate surface area is 187 Å². The normalized spacial score (nSPS) is 20.3. The van der Waals surface area contributed by atoms with E-state index in [9.17, 15) is 18.0 Å². The van der Waals surface area contributed by atoms with E-state index in [-0.39, 0.29) is 23.8 Å². The topological polar surface area (TPSA) is 118 Å². The summed E-state index contributed by atoms with van der Waals surface area (Å²) in [5.41, 5.74) is 1.17. The number of morpholine rings is 2. The van der Waals surface area contributed by atoms with Crippen molar-refractivity contribution in [1.29, 1.82) is 0 Å². The van der Waals surface area contributed by atoms with Crippen LogP contribution >= 0.6 is 0 Å². The Morgan fingerprint density at radius 1 is 0.969 bits per heavy atom. The highest BCUT2D eigenvalue weighted by Gasteiger charge is 2.28. The van der Waals surface area contributed by atoms with Gasteiger partial charge in [-0.05, 0) is 18.2 Å². The van der Waals surface area contributed by atoms with Gasteiger partial charge in [0.1, 0.15) is 6.61 Å². The number of cyclic esters (lactones) is 1. The van der Waals surface area contributed by atoms with E-state index in [1.54, 1.807) is 12.1 Å². The van der Waals surface area contributed by atoms with E-state index in [0.717, 1.165) is 5.69 Å². The van der Waals surface area contributed by atoms with E-state index < -0.39 is 16.1 Å². The number of carbonyl (C=O) groups is 2. The van der Waals surface area contributed by atoms with Gasteiger partial charge in [-0.3, -0.25) is 4.79 Å². The zero-order valence-electron chi connectivity index (χ0n) is 17.8. The molecule has 3 fully saturated rings. The van der Waals surface area contributed by atoms with E-state index in [4.69, 9.17) is 14.2 Å². The maximum Gasteiger partial charge on any atom is 0.409 e. The maximum atomic E-state index is 13.1. The second-order valence-electron chi connectivity index (χ2n) is 7.69. The minimum Gasteiger partial charge on any atom is -0.448 e. The molecule has 176 valence electrons. The second-order valence-corrected chi connectivity index (χ2v) is 9.63. The van der Waals surface area contributed by atoms with E-state index >= 15 is 0 Å². The molecule has 12 heteroatoms. The van der Waals surface area contributed by atoms with Crippen LogP contribution in [-0.2, 0) is 29.0 Å². The second kappa shape index (κ2) is 10.0. The van der Waals surface area contributed by atoms with Crippen LogP contribution < -0.4 is 10.2 Å². The summed E-state index contributed by atoms with van der Waals surface area (Å²) in [4.78, 5) is 27.9. The summed E-state index contributed by atoms with van der Waals surface area (Å²) in [6.45, 7) is 4.70. The van der Waals surface area contributed by atoms with Gasteiger partial charge in [-0.1, -0.05) is 0 Å². The van der Waals surface area contributed by atoms with Crippen LogP contribution in [0.4, 0.5) is 16.2 Å². The number of rotatable bonds is 7. The fourth-order valence-electron chi connectivity index (χ4n) is 3.87. The first-order valence-electron chi connectivity index (χ1n) is 10.7. The molecule has 0 atom stereocenters. The summed E-state index contributed by atoms with van der Waals surface area (Å²) in [7, 11) is -3.71. The summed E-state index contributed by atoms with van der Waals surface area (Å²) in [6, 6.07) is 4.81. The predicted molar refractivity (Wildman–Crippen MR) is 115 cm³/mol. The van der Waals surface area contributed by atoms with Crippen LogP contribution in [0, 0.1) is 0 Å². The highest BCUT2D eigenvalue weighted by molar-refractivity contribution is 7.89. The van der Waals surface area contributed by atoms with Crippen LogP contribution in [0.15, 0.2) is 23.1 Å². The number of amides is 2. The van der Waals surface area contributed by atoms with Crippen LogP contribution in [0.2, 0.25) is 0 Å². The molecular weight excluding hydrogens is 440 g/mol. The van der Waals surface area contributed by atoms with Crippen LogP contribution in [0.25, 0.3) is 0 Å². The summed E-state index contributed by atoms with van der Waals surface area (Å²) in [6.07, 6.45) is -0.344. The van der Waals surface area contributed by atoms with Crippen LogP contribution in [-0.4, -0.2) is 102 Å². The van der Waals surface area contributed by atoms with Gasteiger partial charge in [0.05, 0.1) is 49.2 Å². The molecule has 1 aromatic carbocycles. The molecule has 0 aromatic heterocycles. The molecule has 0 unspecified atom stereocenters. The number of carbonyl (C=O) groups excluding carboxylic acids is 2. The molecule has 3 aliphatic rings. The third-order valence-corrected chi connectivity index (χ3v) is 7.55. The molecule has 11 nitrogen and oxygen atoms in total. The summed E-state index contributed by atoms with van der Waals surface area (Å²) < 4.78 is 43.2. The van der Waals surface area contributed by atoms with Crippen molar-refractivity contribution in [3.05, 3.63) is 18.2 Å². The minimum atomic E-state index is -3.71. The number of anilines is 2. The number of hydrogen-bond donors (Lipinski definition) is 1. The first-order valence-corrected chi connectivity index (χ1v) is 12.2. The monoisotopic (exact) mass is 468 g/mol. The van der Waals surface area contributed by atoms with Gasteiger partial charge in [0.2, 0.25) is 15.9 Å². The lowest BCUT2D eigenvalue weighted by atomic mass is 10.2. The Bertz CT molecular complexity index is 943. The lowest BCUT2D eigenvalue weighted by Crippen LogP contribution is -2.40. The van der Waals surface area contributed by atoms with Gasteiger partial charge in [0.25, 0.3) is 0 Å². The molecule has 0 saturated carbocycles. The van der Waals surface area contributed by atoms with Crippen molar-refractivity contribution in [1.82, 2.24) is 9.21 Å². The molecule has 3 heterocycles. The van der Waals surface area contributed by atoms with Gasteiger partial charge < -0.3 is 29.3 Å². The fourth-order valence-corrected chi connectivity index (χ4v) is 5.30. The summed E-state index contributed by atoms with van der Waals surface area (Å²) >= 11 is 0. The predicted octanol–water partition coefficient (Wildman–Crippen LogP) is 0.325. The highest BCUT2D eigenvalue weighted by atomic mass is 32.2. The molecule has 2 amide bonds. The van der Waals surface area contributed by atoms with E-state index in [2.05, 4.69) is 10.2 Å². The largest absolute Gasteiger partial charge is 0.448 e. The van der Waals surface area contributed by atoms with Crippen LogP contribution in [0.1, 0.15) is 6.42 Å². The van der Waals surface area contributed by atoms with Crippen molar-refractivity contribution in [3.8, 4) is 0 Å². The molecule has 1 aromatic rings. The standard InChI is InChI=1S/C20H28N4O7S/c25-19(3-4-23-7-14-31-20(23)26)21-17-15-16(32(27,28)24-8-12-30-13-9-24)1-2-18(17)22-5-10-29-11-6-22/h1-2,15H,3-14H2,(H,21,25). The third-order valence-electron chi connectivity index (χ3n) is 5.66. The van der Waals surface area contributed by atoms with Crippen molar-refractivity contribution in [2.45, 2.75) is 11.3 Å². The highest BCUT2D eigenvalue weighted by Crippen LogP contribution is 2.31. The van der Waals surface area contributed by atoms with Crippen molar-refractivity contribution < 1.29 is 32.2 Å². The zero-order valence-corrected chi connectivity index (χ0v) is 18.6. The van der Waals surface area contributed by atoms with Gasteiger partial charge in [-0.15, -0.1) is 0 Å². The number of hydrogen-bond acceptors (Lipinski definition) is 8. The summed E-state index contributed by atoms with van der Waals surface area (Å²) in [5, 5.41) is 2.85. The Kier molecular flexibility index (Phi) is 7.13. The van der Waals surface area contributed by atoms with Gasteiger partial charge in [-0.2, -0.15) is 4.31 Å². The van der Waals surface area contributed by atoms with E-state index in [1.807, 2.05) is 0 Å². The number of nitrogens with one attached hydrogen (secondary N) is 1. The molecule has 0 radical (unpaired) electrons. The number of ether oxygens (including phenoxy) is 3. The molecule has 1 N–H and O–H groups in total. The van der Waals surface area contributed by atoms with Crippen molar-refractivity contribution in [2.75, 3.05) is 82.5 Å². The molecule has 32 heavy (non-hydrogen) atoms. The SMILES string of the molecule is O=C(CCN1CCOC1=O)Nc1cc(S(=O)(=O)N2CCOCC2)ccc1N1CCOCC1. The average molecular weight is 469 g/mol. The average Bonchev–Trinajstić information content (AvgIpc) is 3.23. The van der Waals surface area contributed by atoms with Gasteiger partial charge >= 0.3 is 6.09 Å². The van der Waals surface area contributed by atoms with Crippen molar-refractivity contribution in [3.63, 3.8) is 0 Å². The molecule has 3 saturated heterocycles. The Balaban J connectivity index is 1.54. The summed E-state index contributed by atoms with van der Waals surface area (Å²) in [5.74, 6) is -0.305. The number of benzene rings is 1. The first kappa shape index (κ1) is 22.8. The fraction of sp³-hybridized carbons (Fsp3) is 0.600. The Morgan fingerprint density at radius 2 is 1.66 bits per heavy atom. The van der Waals surface area contributed by atoms with Gasteiger partial charge in [0.15, 0.2) is 0 Å². The molecule has 0 aliphatic carbocycles. The molecule has 3 aliphatic heterocycles. The maximum absolute atomic E-state index is 13.1. The van der Waals surface area contributed by atoms with Crippen molar-refractivity contribution in [2.24, 2.45) is 0 Å². The van der Waals surface area contributed by atoms with Crippen LogP contribution in [0.5, 0.6) is 0 Å². The van der Waals surface area contributed by atoms with E-state index in [1.165, 1.54) is 15.3 Å². The zero-order chi connectivity index (χ0) is 22.6. The smallest absolute Gasteiger partial charge is 0.409 e. The van der Waals surface area contributed by atoms with Crippen molar-refractivity contribution >= 4 is 33.4 Å². The molecule has 4 rings (SSSR count). The minimum absolute atomic E-state index is 0.0814. The first-order chi connectivity index (χ1) is 15.4. The lowest BCUT2D eigenvalue weighted by Gasteiger charge is -2.31. The number of nitrogens with zero attached hydrogens (tertiary/aromatic N) is 3. The Hall–Kier alpha value is -2.41. The molecule has 0 bridgehead atoms. The van der Waals surface area contributed by atoms with Gasteiger partial charge in [0, 0.05) is 39.1 Å². The third kappa shape index (κ3) is 5.14. The molecular formula is C20H28N4O7S. The molecule has 0 spiro atoms. The van der Waals surface area contributed by atoms with E-state index in [0.29, 0.717) is 71.4 Å². The quantitative estimate of drug-likeness (QED) is 0.608. The van der Waals surface area contributed by atoms with Crippen LogP contribution in [0.3, 0.4) is 0 Å². The Morgan fingerprint density at radius 3 is 2.31 bits per heavy atom.